The predicted octanol–water partition coefficient (Wildman–Crippen LogP) is 8.44. The van der Waals surface area contributed by atoms with Crippen LogP contribution in [0.4, 0.5) is 34.1 Å². The maximum atomic E-state index is 10.8. The molecule has 2 fully saturated rings. The van der Waals surface area contributed by atoms with Crippen LogP contribution in [0.3, 0.4) is 0 Å². The van der Waals surface area contributed by atoms with E-state index in [0.717, 1.165) is 34.9 Å². The Hall–Kier alpha value is -6.40. The number of aliphatic imine (C=N–C) groups is 2. The van der Waals surface area contributed by atoms with Crippen LogP contribution in [0, 0.1) is 54.3 Å². The first-order valence-corrected chi connectivity index (χ1v) is 16.0. The molecule has 0 atom stereocenters. The molecule has 18 heteroatoms. The second-order valence-electron chi connectivity index (χ2n) is 10.4. The zero-order chi connectivity index (χ0) is 35.9. The SMILES string of the molecule is Cc1ccc(N=C2S/C(=C\[N+](=O)[O-])N2c2ccc([N+](=O)[O-])cc2)cc1.Cc1ccc(N=C2S/C(=C\[N+](=O)[O-])N2c2ccc([N+](=O)[O-])cc2)cc1. The van der Waals surface area contributed by atoms with Crippen molar-refractivity contribution in [3.05, 3.63) is 171 Å². The topological polar surface area (TPSA) is 204 Å². The summed E-state index contributed by atoms with van der Waals surface area (Å²) in [6, 6.07) is 26.7. The van der Waals surface area contributed by atoms with Crippen LogP contribution in [0.5, 0.6) is 0 Å². The molecule has 0 spiro atoms. The molecule has 0 saturated carbocycles. The molecule has 252 valence electrons. The number of nitrogens with zero attached hydrogens (tertiary/aromatic N) is 8. The van der Waals surface area contributed by atoms with Crippen LogP contribution in [0.25, 0.3) is 0 Å². The monoisotopic (exact) mass is 712 g/mol. The quantitative estimate of drug-likeness (QED) is 0.125. The summed E-state index contributed by atoms with van der Waals surface area (Å²) >= 11 is 2.35. The van der Waals surface area contributed by atoms with Crippen LogP contribution < -0.4 is 9.80 Å². The smallest absolute Gasteiger partial charge is 0.269 e. The molecule has 4 aromatic rings. The van der Waals surface area contributed by atoms with E-state index in [1.807, 2.05) is 62.4 Å². The number of rotatable bonds is 8. The molecule has 0 aliphatic carbocycles. The van der Waals surface area contributed by atoms with Crippen molar-refractivity contribution in [3.63, 3.8) is 0 Å². The Morgan fingerprint density at radius 1 is 0.520 bits per heavy atom. The molecule has 0 aromatic heterocycles. The fourth-order valence-corrected chi connectivity index (χ4v) is 6.20. The van der Waals surface area contributed by atoms with Gasteiger partial charge in [-0.3, -0.25) is 50.3 Å². The average molecular weight is 713 g/mol. The number of non-ortho nitro benzene ring substituents is 2. The molecule has 2 aliphatic rings. The van der Waals surface area contributed by atoms with Gasteiger partial charge in [0.1, 0.15) is 0 Å². The number of anilines is 2. The first kappa shape index (κ1) is 34.9. The van der Waals surface area contributed by atoms with Crippen LogP contribution >= 0.6 is 23.5 Å². The van der Waals surface area contributed by atoms with Crippen molar-refractivity contribution in [1.29, 1.82) is 0 Å². The summed E-state index contributed by atoms with van der Waals surface area (Å²) in [5.41, 5.74) is 4.70. The molecule has 0 bridgehead atoms. The first-order chi connectivity index (χ1) is 23.9. The number of benzene rings is 4. The Morgan fingerprint density at radius 2 is 0.840 bits per heavy atom. The van der Waals surface area contributed by atoms with Gasteiger partial charge >= 0.3 is 0 Å². The van der Waals surface area contributed by atoms with Crippen LogP contribution in [-0.4, -0.2) is 30.0 Å². The normalized spacial score (nSPS) is 16.8. The molecule has 6 rings (SSSR count). The Kier molecular flexibility index (Phi) is 10.6. The molecule has 0 N–H and O–H groups in total. The third-order valence-electron chi connectivity index (χ3n) is 6.80. The van der Waals surface area contributed by atoms with Gasteiger partial charge < -0.3 is 0 Å². The van der Waals surface area contributed by atoms with Crippen LogP contribution in [-0.2, 0) is 0 Å². The van der Waals surface area contributed by atoms with Gasteiger partial charge in [-0.1, -0.05) is 35.4 Å². The van der Waals surface area contributed by atoms with Gasteiger partial charge in [-0.2, -0.15) is 0 Å². The van der Waals surface area contributed by atoms with E-state index in [1.54, 1.807) is 9.80 Å². The second-order valence-corrected chi connectivity index (χ2v) is 12.4. The minimum Gasteiger partial charge on any atom is -0.278 e. The molecule has 2 saturated heterocycles. The van der Waals surface area contributed by atoms with Gasteiger partial charge in [0.25, 0.3) is 23.8 Å². The Labute approximate surface area is 291 Å². The molecule has 50 heavy (non-hydrogen) atoms. The first-order valence-electron chi connectivity index (χ1n) is 14.3. The lowest BCUT2D eigenvalue weighted by Crippen LogP contribution is -2.36. The number of thioether (sulfide) groups is 2. The Bertz CT molecular complexity index is 1930. The molecule has 0 unspecified atom stereocenters. The number of hydrogen-bond donors (Lipinski definition) is 0. The van der Waals surface area contributed by atoms with Gasteiger partial charge in [-0.15, -0.1) is 0 Å². The summed E-state index contributed by atoms with van der Waals surface area (Å²) in [7, 11) is 0. The highest BCUT2D eigenvalue weighted by molar-refractivity contribution is 8.20. The fourth-order valence-electron chi connectivity index (χ4n) is 4.36. The number of nitro groups is 4. The van der Waals surface area contributed by atoms with Crippen LogP contribution in [0.2, 0.25) is 0 Å². The van der Waals surface area contributed by atoms with E-state index in [2.05, 4.69) is 9.98 Å². The van der Waals surface area contributed by atoms with Crippen molar-refractivity contribution in [1.82, 2.24) is 0 Å². The Morgan fingerprint density at radius 3 is 1.12 bits per heavy atom. The third-order valence-corrected chi connectivity index (χ3v) is 8.71. The highest BCUT2D eigenvalue weighted by Gasteiger charge is 2.35. The largest absolute Gasteiger partial charge is 0.278 e. The van der Waals surface area contributed by atoms with Gasteiger partial charge in [-0.05, 0) is 85.9 Å². The molecule has 4 aromatic carbocycles. The van der Waals surface area contributed by atoms with E-state index < -0.39 is 19.7 Å². The zero-order valence-electron chi connectivity index (χ0n) is 26.1. The number of amidine groups is 2. The van der Waals surface area contributed by atoms with Crippen LogP contribution in [0.1, 0.15) is 11.1 Å². The van der Waals surface area contributed by atoms with E-state index in [4.69, 9.17) is 0 Å². The van der Waals surface area contributed by atoms with Gasteiger partial charge in [0.05, 0.1) is 31.1 Å². The summed E-state index contributed by atoms with van der Waals surface area (Å²) in [6.07, 6.45) is 1.78. The van der Waals surface area contributed by atoms with Crippen LogP contribution in [0.15, 0.2) is 130 Å². The second kappa shape index (κ2) is 15.2. The zero-order valence-corrected chi connectivity index (χ0v) is 27.7. The maximum Gasteiger partial charge on any atom is 0.269 e. The van der Waals surface area contributed by atoms with E-state index in [0.29, 0.717) is 31.8 Å². The fraction of sp³-hybridized carbons (Fsp3) is 0.0625. The third kappa shape index (κ3) is 8.54. The summed E-state index contributed by atoms with van der Waals surface area (Å²) < 4.78 is 0. The summed E-state index contributed by atoms with van der Waals surface area (Å²) in [5, 5.41) is 45.0. The number of hydrogen-bond acceptors (Lipinski definition) is 12. The van der Waals surface area contributed by atoms with Gasteiger partial charge in [0.15, 0.2) is 20.4 Å². The van der Waals surface area contributed by atoms with Crippen molar-refractivity contribution < 1.29 is 19.7 Å². The summed E-state index contributed by atoms with van der Waals surface area (Å²) in [6.45, 7) is 3.94. The molecule has 16 nitrogen and oxygen atoms in total. The standard InChI is InChI=1S/2C16H12N4O4S/c2*1-11-2-4-12(5-3-11)17-16-19(15(25-16)10-18(21)22)13-6-8-14(9-7-13)20(23)24/h2*2-10H,1H3/b2*15-10-,17-16?. The number of nitro benzene ring substituents is 2. The van der Waals surface area contributed by atoms with Gasteiger partial charge in [-0.25, -0.2) is 9.98 Å². The van der Waals surface area contributed by atoms with Crippen molar-refractivity contribution in [3.8, 4) is 0 Å². The van der Waals surface area contributed by atoms with Crippen molar-refractivity contribution in [2.75, 3.05) is 9.80 Å². The number of aryl methyl sites for hydroxylation is 2. The van der Waals surface area contributed by atoms with Crippen molar-refractivity contribution in [2.24, 2.45) is 9.98 Å². The molecule has 2 heterocycles. The lowest BCUT2D eigenvalue weighted by Gasteiger charge is -2.34. The predicted molar refractivity (Wildman–Crippen MR) is 193 cm³/mol. The van der Waals surface area contributed by atoms with Crippen molar-refractivity contribution >= 4 is 68.0 Å². The molecule has 0 radical (unpaired) electrons. The molecular weight excluding hydrogens is 689 g/mol. The Balaban J connectivity index is 0.000000194. The van der Waals surface area contributed by atoms with Gasteiger partial charge in [0.2, 0.25) is 0 Å². The van der Waals surface area contributed by atoms with E-state index in [9.17, 15) is 40.5 Å². The molecule has 2 aliphatic heterocycles. The minimum atomic E-state index is -0.538. The highest BCUT2D eigenvalue weighted by atomic mass is 32.2. The van der Waals surface area contributed by atoms with E-state index >= 15 is 0 Å². The molecule has 0 amide bonds. The summed E-state index contributed by atoms with van der Waals surface area (Å²) in [4.78, 5) is 53.2. The van der Waals surface area contributed by atoms with E-state index in [1.165, 1.54) is 72.1 Å². The van der Waals surface area contributed by atoms with Gasteiger partial charge in [0, 0.05) is 35.6 Å². The lowest BCUT2D eigenvalue weighted by molar-refractivity contribution is -0.403. The molecular formula is C32H24N8O8S2. The van der Waals surface area contributed by atoms with Crippen molar-refractivity contribution in [2.45, 2.75) is 13.8 Å². The summed E-state index contributed by atoms with van der Waals surface area (Å²) in [5.74, 6) is 0. The van der Waals surface area contributed by atoms with E-state index in [-0.39, 0.29) is 11.4 Å². The maximum absolute atomic E-state index is 10.8. The lowest BCUT2D eigenvalue weighted by atomic mass is 10.2. The minimum absolute atomic E-state index is 0.0474. The highest BCUT2D eigenvalue weighted by Crippen LogP contribution is 2.43. The average Bonchev–Trinajstić information content (AvgIpc) is 3.06.